The van der Waals surface area contributed by atoms with Gasteiger partial charge in [0.25, 0.3) is 0 Å². The zero-order valence-electron chi connectivity index (χ0n) is 13.5. The lowest BCUT2D eigenvalue weighted by atomic mass is 9.72. The van der Waals surface area contributed by atoms with E-state index in [0.29, 0.717) is 6.42 Å². The van der Waals surface area contributed by atoms with Crippen LogP contribution in [0.5, 0.6) is 0 Å². The number of ether oxygens (including phenoxy) is 1. The summed E-state index contributed by atoms with van der Waals surface area (Å²) < 4.78 is 18.9. The number of hydrogen-bond donors (Lipinski definition) is 1. The summed E-state index contributed by atoms with van der Waals surface area (Å²) in [6.07, 6.45) is 0.671. The van der Waals surface area contributed by atoms with Gasteiger partial charge in [0.2, 0.25) is 0 Å². The third-order valence-electron chi connectivity index (χ3n) is 2.82. The molecule has 0 spiro atoms. The largest absolute Gasteiger partial charge is 0.462 e. The predicted octanol–water partition coefficient (Wildman–Crippen LogP) is 3.52. The Labute approximate surface area is 140 Å². The highest BCUT2D eigenvalue weighted by molar-refractivity contribution is 14.1. The zero-order chi connectivity index (χ0) is 16.9. The van der Waals surface area contributed by atoms with Gasteiger partial charge in [-0.2, -0.15) is 4.67 Å². The summed E-state index contributed by atoms with van der Waals surface area (Å²) in [6.45, 7) is 12.1. The summed E-state index contributed by atoms with van der Waals surface area (Å²) in [5.74, 6) is -0.314. The molecule has 0 amide bonds. The van der Waals surface area contributed by atoms with Crippen LogP contribution in [0, 0.1) is 10.8 Å². The Bertz CT molecular complexity index is 374. The fourth-order valence-electron chi connectivity index (χ4n) is 1.75. The summed E-state index contributed by atoms with van der Waals surface area (Å²) >= 11 is 2.17. The molecule has 0 aromatic rings. The molecule has 0 rings (SSSR count). The second-order valence-electron chi connectivity index (χ2n) is 7.10. The molecule has 0 heterocycles. The molecule has 0 saturated carbocycles. The van der Waals surface area contributed by atoms with E-state index >= 15 is 0 Å². The van der Waals surface area contributed by atoms with E-state index in [1.807, 2.05) is 20.8 Å². The van der Waals surface area contributed by atoms with Crippen molar-refractivity contribution in [3.05, 3.63) is 0 Å². The van der Waals surface area contributed by atoms with E-state index in [9.17, 15) is 9.36 Å². The van der Waals surface area contributed by atoms with Crippen molar-refractivity contribution in [3.63, 3.8) is 0 Å². The molecule has 0 aliphatic rings. The molecule has 0 fully saturated rings. The van der Waals surface area contributed by atoms with Gasteiger partial charge < -0.3 is 9.63 Å². The predicted molar refractivity (Wildman–Crippen MR) is 89.5 cm³/mol. The van der Waals surface area contributed by atoms with Gasteiger partial charge in [0.05, 0.1) is 0 Å². The molecular weight excluding hydrogens is 410 g/mol. The number of hydrogen-bond acceptors (Lipinski definition) is 5. The highest BCUT2D eigenvalue weighted by Crippen LogP contribution is 2.47. The maximum Gasteiger partial charge on any atom is 0.344 e. The first-order valence-electron chi connectivity index (χ1n) is 6.68. The first kappa shape index (κ1) is 21.3. The van der Waals surface area contributed by atoms with E-state index in [4.69, 9.17) is 9.63 Å². The molecule has 2 atom stereocenters. The number of halogens is 1. The molecule has 0 aliphatic heterocycles. The fraction of sp³-hybridized carbons (Fsp3) is 0.923. The van der Waals surface area contributed by atoms with Crippen molar-refractivity contribution in [1.82, 2.24) is 0 Å². The minimum absolute atomic E-state index is 0.0239. The van der Waals surface area contributed by atoms with Gasteiger partial charge >= 0.3 is 14.2 Å². The van der Waals surface area contributed by atoms with Crippen LogP contribution in [0.15, 0.2) is 0 Å². The monoisotopic (exact) mass is 436 g/mol. The Morgan fingerprint density at radius 3 is 2.05 bits per heavy atom. The number of alkyl halides is 1. The summed E-state index contributed by atoms with van der Waals surface area (Å²) in [4.78, 5) is 25.3. The van der Waals surface area contributed by atoms with Gasteiger partial charge in [-0.25, -0.2) is 4.89 Å². The molecule has 126 valence electrons. The maximum absolute atomic E-state index is 12.5. The molecule has 0 aliphatic carbocycles. The smallest absolute Gasteiger partial charge is 0.344 e. The standard InChI is InChI=1S/C13H26IO6P/c1-11(2,3)9-13(14,12(4,5)6)10(15)18-7-8-19-20-21(16)17/h21H,7-9H2,1-6H3,(H,16,17). The summed E-state index contributed by atoms with van der Waals surface area (Å²) in [6, 6.07) is 0. The van der Waals surface area contributed by atoms with Gasteiger partial charge in [-0.15, -0.1) is 0 Å². The Morgan fingerprint density at radius 2 is 1.67 bits per heavy atom. The van der Waals surface area contributed by atoms with Gasteiger partial charge in [-0.3, -0.25) is 9.36 Å². The average molecular weight is 436 g/mol. The molecule has 0 bridgehead atoms. The topological polar surface area (TPSA) is 82.1 Å². The van der Waals surface area contributed by atoms with Crippen molar-refractivity contribution >= 4 is 36.8 Å². The molecule has 0 radical (unpaired) electrons. The van der Waals surface area contributed by atoms with Crippen molar-refractivity contribution in [2.24, 2.45) is 10.8 Å². The van der Waals surface area contributed by atoms with E-state index in [0.717, 1.165) is 0 Å². The van der Waals surface area contributed by atoms with Crippen LogP contribution in [0.4, 0.5) is 0 Å². The molecule has 8 heteroatoms. The van der Waals surface area contributed by atoms with Crippen molar-refractivity contribution < 1.29 is 28.6 Å². The third-order valence-corrected chi connectivity index (χ3v) is 5.52. The van der Waals surface area contributed by atoms with E-state index in [1.54, 1.807) is 0 Å². The molecular formula is C13H26IO6P. The molecule has 6 nitrogen and oxygen atoms in total. The lowest BCUT2D eigenvalue weighted by Crippen LogP contribution is -2.48. The van der Waals surface area contributed by atoms with Crippen LogP contribution in [-0.4, -0.2) is 27.5 Å². The lowest BCUT2D eigenvalue weighted by Gasteiger charge is -2.41. The zero-order valence-corrected chi connectivity index (χ0v) is 16.6. The minimum atomic E-state index is -3.12. The quantitative estimate of drug-likeness (QED) is 0.125. The van der Waals surface area contributed by atoms with E-state index in [1.165, 1.54) is 0 Å². The Morgan fingerprint density at radius 1 is 1.14 bits per heavy atom. The maximum atomic E-state index is 12.5. The summed E-state index contributed by atoms with van der Waals surface area (Å²) in [7, 11) is -3.12. The number of rotatable bonds is 7. The van der Waals surface area contributed by atoms with Gasteiger partial charge in [0.15, 0.2) is 0 Å². The van der Waals surface area contributed by atoms with Gasteiger partial charge in [0, 0.05) is 0 Å². The molecule has 0 aromatic carbocycles. The van der Waals surface area contributed by atoms with Crippen LogP contribution < -0.4 is 0 Å². The first-order valence-corrected chi connectivity index (χ1v) is 9.02. The molecule has 2 unspecified atom stereocenters. The van der Waals surface area contributed by atoms with E-state index < -0.39 is 11.7 Å². The number of esters is 1. The normalized spacial score (nSPS) is 17.1. The number of carbonyl (C=O) groups is 1. The molecule has 0 aromatic heterocycles. The SMILES string of the molecule is CC(C)(C)CC(I)(C(=O)OCCOO[PH](=O)O)C(C)(C)C. The van der Waals surface area contributed by atoms with Gasteiger partial charge in [0.1, 0.15) is 16.6 Å². The van der Waals surface area contributed by atoms with Crippen molar-refractivity contribution in [3.8, 4) is 0 Å². The fourth-order valence-corrected chi connectivity index (χ4v) is 3.23. The highest BCUT2D eigenvalue weighted by atomic mass is 127. The highest BCUT2D eigenvalue weighted by Gasteiger charge is 2.49. The molecule has 0 saturated heterocycles. The van der Waals surface area contributed by atoms with Crippen LogP contribution in [0.2, 0.25) is 0 Å². The second kappa shape index (κ2) is 8.24. The van der Waals surface area contributed by atoms with Crippen LogP contribution >= 0.6 is 30.8 Å². The Balaban J connectivity index is 4.65. The summed E-state index contributed by atoms with van der Waals surface area (Å²) in [5.41, 5.74) is -0.296. The molecule has 1 N–H and O–H groups in total. The minimum Gasteiger partial charge on any atom is -0.462 e. The third kappa shape index (κ3) is 7.93. The van der Waals surface area contributed by atoms with Crippen LogP contribution in [-0.2, 0) is 23.7 Å². The van der Waals surface area contributed by atoms with E-state index in [2.05, 4.69) is 52.9 Å². The second-order valence-corrected chi connectivity index (χ2v) is 9.64. The van der Waals surface area contributed by atoms with E-state index in [-0.39, 0.29) is 30.0 Å². The molecule has 21 heavy (non-hydrogen) atoms. The van der Waals surface area contributed by atoms with Crippen LogP contribution in [0.25, 0.3) is 0 Å². The van der Waals surface area contributed by atoms with Crippen molar-refractivity contribution in [1.29, 1.82) is 0 Å². The number of carbonyl (C=O) groups excluding carboxylic acids is 1. The lowest BCUT2D eigenvalue weighted by molar-refractivity contribution is -0.216. The average Bonchev–Trinajstić information content (AvgIpc) is 2.23. The van der Waals surface area contributed by atoms with Crippen LogP contribution in [0.1, 0.15) is 48.0 Å². The first-order chi connectivity index (χ1) is 9.29. The van der Waals surface area contributed by atoms with Crippen LogP contribution in [0.3, 0.4) is 0 Å². The Hall–Kier alpha value is 0.310. The van der Waals surface area contributed by atoms with Gasteiger partial charge in [-0.1, -0.05) is 64.1 Å². The van der Waals surface area contributed by atoms with Crippen molar-refractivity contribution in [2.75, 3.05) is 13.2 Å². The summed E-state index contributed by atoms with van der Waals surface area (Å²) in [5, 5.41) is 0. The van der Waals surface area contributed by atoms with Crippen molar-refractivity contribution in [2.45, 2.75) is 51.4 Å². The Kier molecular flexibility index (Phi) is 8.37. The van der Waals surface area contributed by atoms with Gasteiger partial charge in [-0.05, 0) is 17.3 Å².